The number of nitrogens with zero attached hydrogens (tertiary/aromatic N) is 1. The monoisotopic (exact) mass is 287 g/mol. The first-order valence-electron chi connectivity index (χ1n) is 4.16. The van der Waals surface area contributed by atoms with Crippen molar-refractivity contribution in [2.45, 2.75) is 11.3 Å². The van der Waals surface area contributed by atoms with Crippen molar-refractivity contribution >= 4 is 19.7 Å². The molecule has 5 nitrogen and oxygen atoms in total. The highest BCUT2D eigenvalue weighted by Crippen LogP contribution is 2.40. The van der Waals surface area contributed by atoms with E-state index in [1.165, 1.54) is 0 Å². The van der Waals surface area contributed by atoms with Crippen LogP contribution in [0.2, 0.25) is 0 Å². The first-order chi connectivity index (χ1) is 7.82. The van der Waals surface area contributed by atoms with Crippen molar-refractivity contribution in [1.82, 2.24) is 4.98 Å². The summed E-state index contributed by atoms with van der Waals surface area (Å²) >= 11 is 0. The van der Waals surface area contributed by atoms with Crippen molar-refractivity contribution in [3.63, 3.8) is 0 Å². The highest BCUT2D eigenvalue weighted by atomic mass is 35.7. The summed E-state index contributed by atoms with van der Waals surface area (Å²) in [5, 5.41) is 0. The molecule has 0 amide bonds. The summed E-state index contributed by atoms with van der Waals surface area (Å²) in [6, 6.07) is 0. The Morgan fingerprint density at radius 3 is 2.29 bits per heavy atom. The Labute approximate surface area is 101 Å². The van der Waals surface area contributed by atoms with Gasteiger partial charge in [0.1, 0.15) is 0 Å². The summed E-state index contributed by atoms with van der Waals surface area (Å²) in [6.07, 6.45) is -2.17. The van der Waals surface area contributed by atoms with Crippen LogP contribution >= 0.6 is 10.7 Å². The van der Waals surface area contributed by atoms with Gasteiger partial charge in [-0.2, -0.15) is 0 Å². The van der Waals surface area contributed by atoms with Gasteiger partial charge < -0.3 is 9.47 Å². The second kappa shape index (κ2) is 5.01. The molecule has 1 rings (SSSR count). The number of methoxy groups -OCH3 is 2. The molecule has 0 aromatic carbocycles. The Bertz CT molecular complexity index is 521. The summed E-state index contributed by atoms with van der Waals surface area (Å²) in [5.74, 6) is -0.969. The van der Waals surface area contributed by atoms with E-state index in [2.05, 4.69) is 14.5 Å². The average Bonchev–Trinajstić information content (AvgIpc) is 2.25. The van der Waals surface area contributed by atoms with Gasteiger partial charge in [0, 0.05) is 16.9 Å². The number of ether oxygens (including phenoxy) is 2. The highest BCUT2D eigenvalue weighted by molar-refractivity contribution is 8.13. The van der Waals surface area contributed by atoms with Crippen LogP contribution in [-0.4, -0.2) is 27.6 Å². The second-order valence-corrected chi connectivity index (χ2v) is 5.33. The standard InChI is InChI=1S/C8H8ClF2NO4S/c1-15-5-4(7(10)11)3-12-8(16-2)6(5)17(9,13)14/h3,7H,1-2H3. The van der Waals surface area contributed by atoms with E-state index in [-0.39, 0.29) is 0 Å². The van der Waals surface area contributed by atoms with Crippen LogP contribution in [0.15, 0.2) is 11.1 Å². The minimum absolute atomic E-state index is 0.402. The van der Waals surface area contributed by atoms with Gasteiger partial charge in [-0.3, -0.25) is 0 Å². The first-order valence-corrected chi connectivity index (χ1v) is 6.47. The fourth-order valence-electron chi connectivity index (χ4n) is 1.20. The molecule has 0 aliphatic heterocycles. The fourth-order valence-corrected chi connectivity index (χ4v) is 2.38. The molecule has 1 aromatic rings. The van der Waals surface area contributed by atoms with Crippen molar-refractivity contribution in [2.24, 2.45) is 0 Å². The number of alkyl halides is 2. The zero-order valence-corrected chi connectivity index (χ0v) is 10.3. The summed E-state index contributed by atoms with van der Waals surface area (Å²) in [6.45, 7) is 0. The van der Waals surface area contributed by atoms with Gasteiger partial charge in [-0.25, -0.2) is 22.2 Å². The van der Waals surface area contributed by atoms with Gasteiger partial charge in [-0.15, -0.1) is 0 Å². The van der Waals surface area contributed by atoms with Crippen molar-refractivity contribution in [1.29, 1.82) is 0 Å². The molecule has 0 saturated heterocycles. The maximum Gasteiger partial charge on any atom is 0.270 e. The van der Waals surface area contributed by atoms with Gasteiger partial charge in [0.15, 0.2) is 10.6 Å². The first kappa shape index (κ1) is 13.9. The normalized spacial score (nSPS) is 11.6. The third-order valence-electron chi connectivity index (χ3n) is 1.86. The Hall–Kier alpha value is -1.15. The van der Waals surface area contributed by atoms with Gasteiger partial charge in [-0.1, -0.05) is 0 Å². The molecule has 0 N–H and O–H groups in total. The molecule has 0 aliphatic rings. The van der Waals surface area contributed by atoms with Gasteiger partial charge in [-0.05, 0) is 0 Å². The quantitative estimate of drug-likeness (QED) is 0.792. The topological polar surface area (TPSA) is 65.5 Å². The molecule has 96 valence electrons. The smallest absolute Gasteiger partial charge is 0.270 e. The molecular formula is C8H8ClF2NO4S. The summed E-state index contributed by atoms with van der Waals surface area (Å²) in [7, 11) is 2.99. The third-order valence-corrected chi connectivity index (χ3v) is 3.17. The van der Waals surface area contributed by atoms with Crippen molar-refractivity contribution in [3.05, 3.63) is 11.8 Å². The van der Waals surface area contributed by atoms with E-state index >= 15 is 0 Å². The van der Waals surface area contributed by atoms with Crippen LogP contribution in [0.1, 0.15) is 12.0 Å². The van der Waals surface area contributed by atoms with Gasteiger partial charge in [0.05, 0.1) is 19.8 Å². The molecule has 0 radical (unpaired) electrons. The Morgan fingerprint density at radius 2 is 1.94 bits per heavy atom. The number of hydrogen-bond acceptors (Lipinski definition) is 5. The predicted octanol–water partition coefficient (Wildman–Crippen LogP) is 1.96. The van der Waals surface area contributed by atoms with E-state index in [0.717, 1.165) is 20.4 Å². The van der Waals surface area contributed by atoms with Crippen molar-refractivity contribution < 1.29 is 26.7 Å². The highest BCUT2D eigenvalue weighted by Gasteiger charge is 2.29. The molecule has 9 heteroatoms. The average molecular weight is 288 g/mol. The SMILES string of the molecule is COc1ncc(C(F)F)c(OC)c1S(=O)(=O)Cl. The van der Waals surface area contributed by atoms with Crippen LogP contribution in [-0.2, 0) is 9.05 Å². The molecule has 1 aromatic heterocycles. The van der Waals surface area contributed by atoms with E-state index in [4.69, 9.17) is 10.7 Å². The molecular weight excluding hydrogens is 280 g/mol. The van der Waals surface area contributed by atoms with E-state index in [1.54, 1.807) is 0 Å². The third kappa shape index (κ3) is 2.75. The maximum atomic E-state index is 12.6. The molecule has 0 fully saturated rings. The van der Waals surface area contributed by atoms with Crippen molar-refractivity contribution in [2.75, 3.05) is 14.2 Å². The Morgan fingerprint density at radius 1 is 1.35 bits per heavy atom. The van der Waals surface area contributed by atoms with Crippen LogP contribution < -0.4 is 9.47 Å². The van der Waals surface area contributed by atoms with E-state index in [1.807, 2.05) is 0 Å². The Kier molecular flexibility index (Phi) is 4.10. The van der Waals surface area contributed by atoms with E-state index < -0.39 is 37.6 Å². The zero-order valence-electron chi connectivity index (χ0n) is 8.78. The number of halogens is 3. The predicted molar refractivity (Wildman–Crippen MR) is 55.3 cm³/mol. The molecule has 0 aliphatic carbocycles. The molecule has 0 unspecified atom stereocenters. The van der Waals surface area contributed by atoms with Crippen LogP contribution in [0, 0.1) is 0 Å². The van der Waals surface area contributed by atoms with Gasteiger partial charge in [0.25, 0.3) is 15.5 Å². The van der Waals surface area contributed by atoms with Crippen molar-refractivity contribution in [3.8, 4) is 11.6 Å². The lowest BCUT2D eigenvalue weighted by Gasteiger charge is -2.13. The van der Waals surface area contributed by atoms with Gasteiger partial charge >= 0.3 is 0 Å². The van der Waals surface area contributed by atoms with Crippen LogP contribution in [0.25, 0.3) is 0 Å². The number of hydrogen-bond donors (Lipinski definition) is 0. The maximum absolute atomic E-state index is 12.6. The summed E-state index contributed by atoms with van der Waals surface area (Å²) < 4.78 is 57.1. The second-order valence-electron chi connectivity index (χ2n) is 2.82. The lowest BCUT2D eigenvalue weighted by Crippen LogP contribution is -2.05. The zero-order chi connectivity index (χ0) is 13.2. The molecule has 0 atom stereocenters. The fraction of sp³-hybridized carbons (Fsp3) is 0.375. The number of rotatable bonds is 4. The van der Waals surface area contributed by atoms with Crippen LogP contribution in [0.3, 0.4) is 0 Å². The van der Waals surface area contributed by atoms with Crippen LogP contribution in [0.4, 0.5) is 8.78 Å². The minimum atomic E-state index is -4.32. The lowest BCUT2D eigenvalue weighted by atomic mass is 10.2. The molecule has 17 heavy (non-hydrogen) atoms. The molecule has 1 heterocycles. The number of aromatic nitrogens is 1. The van der Waals surface area contributed by atoms with Gasteiger partial charge in [0.2, 0.25) is 5.88 Å². The Balaban J connectivity index is 3.67. The lowest BCUT2D eigenvalue weighted by molar-refractivity contribution is 0.145. The van der Waals surface area contributed by atoms with Crippen LogP contribution in [0.5, 0.6) is 11.6 Å². The minimum Gasteiger partial charge on any atom is -0.495 e. The summed E-state index contributed by atoms with van der Waals surface area (Å²) in [4.78, 5) is 2.74. The largest absolute Gasteiger partial charge is 0.495 e. The summed E-state index contributed by atoms with van der Waals surface area (Å²) in [5.41, 5.74) is -0.674. The molecule has 0 bridgehead atoms. The van der Waals surface area contributed by atoms with E-state index in [9.17, 15) is 17.2 Å². The molecule has 0 saturated carbocycles. The van der Waals surface area contributed by atoms with E-state index in [0.29, 0.717) is 0 Å². The number of pyridine rings is 1. The molecule has 0 spiro atoms.